The van der Waals surface area contributed by atoms with Gasteiger partial charge in [0.05, 0.1) is 11.1 Å². The van der Waals surface area contributed by atoms with Crippen molar-refractivity contribution in [3.63, 3.8) is 0 Å². The second-order valence-corrected chi connectivity index (χ2v) is 9.49. The summed E-state index contributed by atoms with van der Waals surface area (Å²) in [5, 5.41) is 34.2. The summed E-state index contributed by atoms with van der Waals surface area (Å²) in [6.45, 7) is -0.285. The van der Waals surface area contributed by atoms with E-state index >= 15 is 0 Å². The van der Waals surface area contributed by atoms with E-state index in [2.05, 4.69) is 33.1 Å². The van der Waals surface area contributed by atoms with E-state index in [0.29, 0.717) is 22.8 Å². The fraction of sp³-hybridized carbons (Fsp3) is 0.348. The molecule has 3 aliphatic rings. The number of nitrogens with zero attached hydrogens (tertiary/aromatic N) is 1. The van der Waals surface area contributed by atoms with Crippen LogP contribution in [0.15, 0.2) is 65.3 Å². The average Bonchev–Trinajstić information content (AvgIpc) is 3.12. The van der Waals surface area contributed by atoms with Crippen molar-refractivity contribution in [2.24, 2.45) is 17.8 Å². The molecule has 5 rings (SSSR count). The summed E-state index contributed by atoms with van der Waals surface area (Å²) in [6.07, 6.45) is 8.92. The number of hydrogen-bond donors (Lipinski definition) is 3. The minimum absolute atomic E-state index is 0.0516. The highest BCUT2D eigenvalue weighted by Crippen LogP contribution is 2.67. The molecule has 3 N–H and O–H groups in total. The molecule has 0 amide bonds. The average molecular weight is 491 g/mol. The maximum Gasteiger partial charge on any atom is 0.180 e. The van der Waals surface area contributed by atoms with Crippen molar-refractivity contribution in [3.05, 3.63) is 81.6 Å². The highest BCUT2D eigenvalue weighted by Gasteiger charge is 2.77. The quantitative estimate of drug-likeness (QED) is 0.611. The molecule has 1 aromatic heterocycles. The fourth-order valence-electron chi connectivity index (χ4n) is 5.57. The highest BCUT2D eigenvalue weighted by molar-refractivity contribution is 9.10. The second kappa shape index (κ2) is 7.18. The summed E-state index contributed by atoms with van der Waals surface area (Å²) in [6, 6.07) is 9.14. The van der Waals surface area contributed by atoms with Crippen LogP contribution in [-0.2, 0) is 11.2 Å². The Morgan fingerprint density at radius 2 is 2.00 bits per heavy atom. The lowest BCUT2D eigenvalue weighted by molar-refractivity contribution is -0.162. The zero-order valence-corrected chi connectivity index (χ0v) is 18.3. The smallest absolute Gasteiger partial charge is 0.180 e. The number of hydrogen-bond acceptors (Lipinski definition) is 5. The van der Waals surface area contributed by atoms with Crippen LogP contribution in [0.5, 0.6) is 5.75 Å². The van der Waals surface area contributed by atoms with Crippen molar-refractivity contribution in [2.45, 2.75) is 23.7 Å². The number of ether oxygens (including phenoxy) is 1. The van der Waals surface area contributed by atoms with Crippen molar-refractivity contribution >= 4 is 27.5 Å². The predicted octanol–water partition coefficient (Wildman–Crippen LogP) is 3.70. The zero-order valence-electron chi connectivity index (χ0n) is 16.0. The molecule has 1 aliphatic heterocycles. The Balaban J connectivity index is 1.80. The van der Waals surface area contributed by atoms with Crippen LogP contribution in [-0.4, -0.2) is 33.0 Å². The zero-order chi connectivity index (χ0) is 21.1. The number of aromatic nitrogens is 1. The maximum atomic E-state index is 12.2. The van der Waals surface area contributed by atoms with Gasteiger partial charge in [0.2, 0.25) is 0 Å². The largest absolute Gasteiger partial charge is 0.477 e. The third kappa shape index (κ3) is 2.55. The van der Waals surface area contributed by atoms with Crippen LogP contribution in [0.25, 0.3) is 0 Å². The van der Waals surface area contributed by atoms with Crippen molar-refractivity contribution in [1.82, 2.24) is 4.98 Å². The standard InChI is InChI=1S/C23H21BrClNO4/c24-15-8-6-14(7-9-15)23-19(13-4-2-1-3-5-13)17(12-27)21(28)22(23,29)20-18(30-23)10-16(25)11-26-20/h1-4,6-11,13,17,19,21,27-29H,5,12H2/t13?,17-,19-,21-,22+,23+/m1/s1. The van der Waals surface area contributed by atoms with Gasteiger partial charge in [-0.2, -0.15) is 0 Å². The maximum absolute atomic E-state index is 12.2. The number of fused-ring (bicyclic) bond motifs is 3. The van der Waals surface area contributed by atoms with Crippen molar-refractivity contribution < 1.29 is 20.1 Å². The first-order valence-corrected chi connectivity index (χ1v) is 11.1. The lowest BCUT2D eigenvalue weighted by Crippen LogP contribution is -2.53. The van der Waals surface area contributed by atoms with Crippen LogP contribution in [0.2, 0.25) is 5.02 Å². The Labute approximate surface area is 187 Å². The van der Waals surface area contributed by atoms with Gasteiger partial charge in [0.25, 0.3) is 0 Å². The van der Waals surface area contributed by atoms with Crippen molar-refractivity contribution in [1.29, 1.82) is 0 Å². The first-order valence-electron chi connectivity index (χ1n) is 9.89. The highest BCUT2D eigenvalue weighted by atomic mass is 79.9. The molecule has 7 heteroatoms. The monoisotopic (exact) mass is 489 g/mol. The first kappa shape index (κ1) is 20.2. The summed E-state index contributed by atoms with van der Waals surface area (Å²) >= 11 is 9.62. The molecule has 1 saturated carbocycles. The lowest BCUT2D eigenvalue weighted by Gasteiger charge is -2.42. The van der Waals surface area contributed by atoms with E-state index in [1.54, 1.807) is 6.07 Å². The van der Waals surface area contributed by atoms with E-state index < -0.39 is 29.1 Å². The van der Waals surface area contributed by atoms with Gasteiger partial charge in [0.1, 0.15) is 11.4 Å². The van der Waals surface area contributed by atoms with E-state index in [9.17, 15) is 15.3 Å². The molecule has 1 aromatic carbocycles. The number of aliphatic hydroxyl groups is 3. The van der Waals surface area contributed by atoms with E-state index in [0.717, 1.165) is 4.47 Å². The molecule has 0 radical (unpaired) electrons. The minimum atomic E-state index is -1.84. The molecular weight excluding hydrogens is 470 g/mol. The predicted molar refractivity (Wildman–Crippen MR) is 116 cm³/mol. The molecule has 1 fully saturated rings. The normalized spacial score (nSPS) is 36.4. The summed E-state index contributed by atoms with van der Waals surface area (Å²) in [5.74, 6) is -0.712. The Bertz CT molecular complexity index is 1040. The molecule has 5 nitrogen and oxygen atoms in total. The van der Waals surface area contributed by atoms with Crippen LogP contribution in [0.4, 0.5) is 0 Å². The molecule has 1 unspecified atom stereocenters. The molecule has 2 aromatic rings. The number of pyridine rings is 1. The van der Waals surface area contributed by atoms with Crippen molar-refractivity contribution in [3.8, 4) is 5.75 Å². The SMILES string of the molecule is OC[C@H]1[C@@H](O)[C@@]2(O)c3ncc(Cl)cc3O[C@@]2(c2ccc(Br)cc2)[C@@H]1C1C=CC=CC1. The fourth-order valence-corrected chi connectivity index (χ4v) is 5.98. The second-order valence-electron chi connectivity index (χ2n) is 8.14. The van der Waals surface area contributed by atoms with Gasteiger partial charge in [-0.1, -0.05) is 64.0 Å². The van der Waals surface area contributed by atoms with Crippen LogP contribution in [0.1, 0.15) is 17.7 Å². The lowest BCUT2D eigenvalue weighted by atomic mass is 9.68. The summed E-state index contributed by atoms with van der Waals surface area (Å²) in [4.78, 5) is 4.37. The molecular formula is C23H21BrClNO4. The third-order valence-electron chi connectivity index (χ3n) is 6.74. The molecule has 0 spiro atoms. The Morgan fingerprint density at radius 3 is 2.67 bits per heavy atom. The molecule has 2 aliphatic carbocycles. The molecule has 0 bridgehead atoms. The van der Waals surface area contributed by atoms with Crippen molar-refractivity contribution in [2.75, 3.05) is 6.61 Å². The van der Waals surface area contributed by atoms with Crippen LogP contribution < -0.4 is 4.74 Å². The number of allylic oxidation sites excluding steroid dienone is 4. The molecule has 6 atom stereocenters. The van der Waals surface area contributed by atoms with E-state index in [4.69, 9.17) is 16.3 Å². The molecule has 156 valence electrons. The van der Waals surface area contributed by atoms with Gasteiger partial charge >= 0.3 is 0 Å². The number of benzene rings is 1. The number of halogens is 2. The van der Waals surface area contributed by atoms with E-state index in [1.165, 1.54) is 6.20 Å². The van der Waals surface area contributed by atoms with Gasteiger partial charge in [-0.25, -0.2) is 0 Å². The van der Waals surface area contributed by atoms with Gasteiger partial charge in [0.15, 0.2) is 11.2 Å². The van der Waals surface area contributed by atoms with Gasteiger partial charge in [-0.15, -0.1) is 0 Å². The summed E-state index contributed by atoms with van der Waals surface area (Å²) in [5.41, 5.74) is -2.21. The Morgan fingerprint density at radius 1 is 1.23 bits per heavy atom. The van der Waals surface area contributed by atoms with E-state index in [-0.39, 0.29) is 18.2 Å². The number of aliphatic hydroxyl groups excluding tert-OH is 2. The molecule has 0 saturated heterocycles. The Hall–Kier alpha value is -1.70. The van der Waals surface area contributed by atoms with Crippen LogP contribution in [0.3, 0.4) is 0 Å². The van der Waals surface area contributed by atoms with Crippen LogP contribution >= 0.6 is 27.5 Å². The molecule has 2 heterocycles. The van der Waals surface area contributed by atoms with Gasteiger partial charge in [-0.3, -0.25) is 4.98 Å². The van der Waals surface area contributed by atoms with Gasteiger partial charge in [0, 0.05) is 35.2 Å². The third-order valence-corrected chi connectivity index (χ3v) is 7.48. The van der Waals surface area contributed by atoms with E-state index in [1.807, 2.05) is 36.4 Å². The number of rotatable bonds is 3. The first-order chi connectivity index (χ1) is 14.4. The van der Waals surface area contributed by atoms with Crippen LogP contribution in [0, 0.1) is 17.8 Å². The summed E-state index contributed by atoms with van der Waals surface area (Å²) < 4.78 is 7.44. The van der Waals surface area contributed by atoms with Gasteiger partial charge in [-0.05, 0) is 30.0 Å². The minimum Gasteiger partial charge on any atom is -0.477 e. The molecule has 30 heavy (non-hydrogen) atoms. The topological polar surface area (TPSA) is 82.8 Å². The van der Waals surface area contributed by atoms with Gasteiger partial charge < -0.3 is 20.1 Å². The Kier molecular flexibility index (Phi) is 4.84. The summed E-state index contributed by atoms with van der Waals surface area (Å²) in [7, 11) is 0.